The summed E-state index contributed by atoms with van der Waals surface area (Å²) >= 11 is 3.41. The molecule has 1 unspecified atom stereocenters. The third-order valence-corrected chi connectivity index (χ3v) is 8.35. The fourth-order valence-corrected chi connectivity index (χ4v) is 5.96. The van der Waals surface area contributed by atoms with E-state index in [1.54, 1.807) is 42.5 Å². The van der Waals surface area contributed by atoms with E-state index in [1.807, 2.05) is 58.9 Å². The molecule has 3 rings (SSSR count). The van der Waals surface area contributed by atoms with Gasteiger partial charge in [-0.15, -0.1) is 0 Å². The molecule has 0 bridgehead atoms. The third kappa shape index (κ3) is 8.16. The van der Waals surface area contributed by atoms with Crippen molar-refractivity contribution in [2.24, 2.45) is 0 Å². The molecular formula is C30H36BrN3O4S. The molecular weight excluding hydrogens is 578 g/mol. The van der Waals surface area contributed by atoms with E-state index in [4.69, 9.17) is 0 Å². The van der Waals surface area contributed by atoms with Gasteiger partial charge < -0.3 is 10.2 Å². The Kier molecular flexibility index (Phi) is 9.96. The van der Waals surface area contributed by atoms with Crippen LogP contribution in [-0.4, -0.2) is 43.3 Å². The van der Waals surface area contributed by atoms with Gasteiger partial charge in [0.05, 0.1) is 10.6 Å². The maximum atomic E-state index is 14.1. The van der Waals surface area contributed by atoms with Crippen LogP contribution in [-0.2, 0) is 26.2 Å². The second kappa shape index (κ2) is 12.8. The normalized spacial score (nSPS) is 12.5. The van der Waals surface area contributed by atoms with Gasteiger partial charge in [-0.05, 0) is 70.0 Å². The van der Waals surface area contributed by atoms with E-state index in [2.05, 4.69) is 21.2 Å². The monoisotopic (exact) mass is 613 g/mol. The van der Waals surface area contributed by atoms with Crippen LogP contribution in [0.4, 0.5) is 5.69 Å². The van der Waals surface area contributed by atoms with E-state index in [0.29, 0.717) is 16.6 Å². The first-order chi connectivity index (χ1) is 18.3. The van der Waals surface area contributed by atoms with Crippen molar-refractivity contribution in [2.75, 3.05) is 10.8 Å². The molecule has 1 atom stereocenters. The van der Waals surface area contributed by atoms with Crippen molar-refractivity contribution in [3.63, 3.8) is 0 Å². The van der Waals surface area contributed by atoms with E-state index in [1.165, 1.54) is 17.0 Å². The first kappa shape index (κ1) is 30.4. The number of hydrogen-bond acceptors (Lipinski definition) is 4. The summed E-state index contributed by atoms with van der Waals surface area (Å²) < 4.78 is 29.4. The number of anilines is 1. The van der Waals surface area contributed by atoms with Crippen LogP contribution in [0.2, 0.25) is 0 Å². The molecule has 1 N–H and O–H groups in total. The minimum atomic E-state index is -4.09. The molecule has 0 saturated heterocycles. The highest BCUT2D eigenvalue weighted by Crippen LogP contribution is 2.27. The number of nitrogens with zero attached hydrogens (tertiary/aromatic N) is 2. The van der Waals surface area contributed by atoms with Crippen molar-refractivity contribution in [3.05, 3.63) is 94.5 Å². The Labute approximate surface area is 240 Å². The number of carbonyl (C=O) groups excluding carboxylic acids is 2. The summed E-state index contributed by atoms with van der Waals surface area (Å²) in [5.74, 6) is -0.767. The van der Waals surface area contributed by atoms with Gasteiger partial charge in [0, 0.05) is 16.6 Å². The lowest BCUT2D eigenvalue weighted by atomic mass is 10.1. The van der Waals surface area contributed by atoms with Gasteiger partial charge in [0.25, 0.3) is 10.0 Å². The summed E-state index contributed by atoms with van der Waals surface area (Å²) in [4.78, 5) is 29.0. The van der Waals surface area contributed by atoms with Crippen LogP contribution in [0.15, 0.2) is 88.2 Å². The lowest BCUT2D eigenvalue weighted by Crippen LogP contribution is -2.55. The van der Waals surface area contributed by atoms with E-state index in [0.717, 1.165) is 15.4 Å². The number of nitrogens with one attached hydrogen (secondary N) is 1. The van der Waals surface area contributed by atoms with Crippen LogP contribution >= 0.6 is 15.9 Å². The minimum absolute atomic E-state index is 0.0698. The van der Waals surface area contributed by atoms with E-state index in [-0.39, 0.29) is 17.3 Å². The number of rotatable bonds is 10. The van der Waals surface area contributed by atoms with Gasteiger partial charge in [-0.3, -0.25) is 13.9 Å². The van der Waals surface area contributed by atoms with Crippen LogP contribution < -0.4 is 9.62 Å². The van der Waals surface area contributed by atoms with E-state index >= 15 is 0 Å². The molecule has 3 aromatic rings. The Balaban J connectivity index is 2.06. The van der Waals surface area contributed by atoms with Gasteiger partial charge in [0.15, 0.2) is 0 Å². The highest BCUT2D eigenvalue weighted by atomic mass is 79.9. The summed E-state index contributed by atoms with van der Waals surface area (Å²) in [6.07, 6.45) is 0.363. The molecule has 9 heteroatoms. The quantitative estimate of drug-likeness (QED) is 0.319. The van der Waals surface area contributed by atoms with Crippen LogP contribution in [0.3, 0.4) is 0 Å². The van der Waals surface area contributed by atoms with Gasteiger partial charge in [-0.2, -0.15) is 0 Å². The molecule has 0 saturated carbocycles. The topological polar surface area (TPSA) is 86.8 Å². The summed E-state index contributed by atoms with van der Waals surface area (Å²) in [5.41, 5.74) is 1.76. The SMILES string of the molecule is CCC(C(=O)NC(C)(C)C)N(Cc1ccc(C)cc1)C(=O)CN(c1cccc(Br)c1)S(=O)(=O)c1ccccc1. The van der Waals surface area contributed by atoms with Crippen LogP contribution in [0.1, 0.15) is 45.2 Å². The number of hydrogen-bond donors (Lipinski definition) is 1. The largest absolute Gasteiger partial charge is 0.350 e. The zero-order valence-electron chi connectivity index (χ0n) is 23.0. The Bertz CT molecular complexity index is 1390. The molecule has 0 aliphatic carbocycles. The Morgan fingerprint density at radius 1 is 0.949 bits per heavy atom. The highest BCUT2D eigenvalue weighted by Gasteiger charge is 2.34. The first-order valence-electron chi connectivity index (χ1n) is 12.8. The lowest BCUT2D eigenvalue weighted by molar-refractivity contribution is -0.141. The smallest absolute Gasteiger partial charge is 0.264 e. The molecule has 0 heterocycles. The number of aryl methyl sites for hydroxylation is 1. The highest BCUT2D eigenvalue weighted by molar-refractivity contribution is 9.10. The zero-order valence-corrected chi connectivity index (χ0v) is 25.4. The molecule has 0 fully saturated rings. The molecule has 208 valence electrons. The molecule has 3 aromatic carbocycles. The summed E-state index contributed by atoms with van der Waals surface area (Å²) in [7, 11) is -4.09. The fourth-order valence-electron chi connectivity index (χ4n) is 4.14. The Hall–Kier alpha value is -3.17. The second-order valence-corrected chi connectivity index (χ2v) is 13.3. The van der Waals surface area contributed by atoms with Gasteiger partial charge in [-0.1, -0.05) is 76.9 Å². The molecule has 0 aliphatic rings. The molecule has 2 amide bonds. The maximum absolute atomic E-state index is 14.1. The average Bonchev–Trinajstić information content (AvgIpc) is 2.87. The minimum Gasteiger partial charge on any atom is -0.350 e. The third-order valence-electron chi connectivity index (χ3n) is 6.06. The molecule has 0 aromatic heterocycles. The van der Waals surface area contributed by atoms with Crippen molar-refractivity contribution >= 4 is 43.5 Å². The molecule has 7 nitrogen and oxygen atoms in total. The van der Waals surface area contributed by atoms with Crippen molar-refractivity contribution in [2.45, 2.75) is 64.1 Å². The number of benzene rings is 3. The number of carbonyl (C=O) groups is 2. The van der Waals surface area contributed by atoms with Gasteiger partial charge in [-0.25, -0.2) is 8.42 Å². The molecule has 0 radical (unpaired) electrons. The van der Waals surface area contributed by atoms with Crippen molar-refractivity contribution < 1.29 is 18.0 Å². The average molecular weight is 615 g/mol. The van der Waals surface area contributed by atoms with Crippen LogP contribution in [0, 0.1) is 6.92 Å². The van der Waals surface area contributed by atoms with Crippen molar-refractivity contribution in [1.82, 2.24) is 10.2 Å². The summed E-state index contributed by atoms with van der Waals surface area (Å²) in [6.45, 7) is 9.14. The van der Waals surface area contributed by atoms with Gasteiger partial charge >= 0.3 is 0 Å². The second-order valence-electron chi connectivity index (χ2n) is 10.5. The Morgan fingerprint density at radius 2 is 1.59 bits per heavy atom. The number of sulfonamides is 1. The zero-order chi connectivity index (χ0) is 28.8. The number of amides is 2. The predicted octanol–water partition coefficient (Wildman–Crippen LogP) is 5.67. The predicted molar refractivity (Wildman–Crippen MR) is 159 cm³/mol. The fraction of sp³-hybridized carbons (Fsp3) is 0.333. The van der Waals surface area contributed by atoms with Crippen molar-refractivity contribution in [3.8, 4) is 0 Å². The standard InChI is InChI=1S/C30H36BrN3O4S/c1-6-27(29(36)32-30(3,4)5)33(20-23-17-15-22(2)16-18-23)28(35)21-34(25-12-10-11-24(31)19-25)39(37,38)26-13-8-7-9-14-26/h7-19,27H,6,20-21H2,1-5H3,(H,32,36). The van der Waals surface area contributed by atoms with E-state index in [9.17, 15) is 18.0 Å². The molecule has 0 spiro atoms. The van der Waals surface area contributed by atoms with Crippen molar-refractivity contribution in [1.29, 1.82) is 0 Å². The van der Waals surface area contributed by atoms with Gasteiger partial charge in [0.2, 0.25) is 11.8 Å². The van der Waals surface area contributed by atoms with Crippen LogP contribution in [0.25, 0.3) is 0 Å². The van der Waals surface area contributed by atoms with E-state index < -0.39 is 34.1 Å². The lowest BCUT2D eigenvalue weighted by Gasteiger charge is -2.34. The maximum Gasteiger partial charge on any atom is 0.264 e. The van der Waals surface area contributed by atoms with Gasteiger partial charge in [0.1, 0.15) is 12.6 Å². The van der Waals surface area contributed by atoms with Crippen LogP contribution in [0.5, 0.6) is 0 Å². The number of halogens is 1. The Morgan fingerprint density at radius 3 is 2.15 bits per heavy atom. The summed E-state index contributed by atoms with van der Waals surface area (Å²) in [5, 5.41) is 2.98. The molecule has 39 heavy (non-hydrogen) atoms. The first-order valence-corrected chi connectivity index (χ1v) is 15.1. The summed E-state index contributed by atoms with van der Waals surface area (Å²) in [6, 6.07) is 21.7. The molecule has 0 aliphatic heterocycles.